The summed E-state index contributed by atoms with van der Waals surface area (Å²) in [6, 6.07) is 5.97. The van der Waals surface area contributed by atoms with E-state index in [0.29, 0.717) is 17.3 Å². The minimum atomic E-state index is -4.47. The summed E-state index contributed by atoms with van der Waals surface area (Å²) in [7, 11) is 0. The summed E-state index contributed by atoms with van der Waals surface area (Å²) in [5.74, 6) is -0.227. The van der Waals surface area contributed by atoms with Gasteiger partial charge in [-0.3, -0.25) is 9.78 Å². The van der Waals surface area contributed by atoms with Crippen molar-refractivity contribution in [2.75, 3.05) is 5.32 Å². The number of alkyl halides is 3. The molecule has 6 nitrogen and oxygen atoms in total. The summed E-state index contributed by atoms with van der Waals surface area (Å²) in [5.41, 5.74) is 4.53. The second-order valence-electron chi connectivity index (χ2n) is 9.91. The predicted octanol–water partition coefficient (Wildman–Crippen LogP) is 7.78. The maximum atomic E-state index is 12.7. The van der Waals surface area contributed by atoms with E-state index in [1.165, 1.54) is 17.7 Å². The molecule has 0 aliphatic heterocycles. The van der Waals surface area contributed by atoms with E-state index in [4.69, 9.17) is 0 Å². The van der Waals surface area contributed by atoms with Gasteiger partial charge in [-0.15, -0.1) is 4.91 Å². The lowest BCUT2D eigenvalue weighted by atomic mass is 9.68. The fourth-order valence-corrected chi connectivity index (χ4v) is 5.39. The van der Waals surface area contributed by atoms with Gasteiger partial charge >= 0.3 is 12.1 Å². The van der Waals surface area contributed by atoms with Crippen molar-refractivity contribution in [2.45, 2.75) is 58.5 Å². The van der Waals surface area contributed by atoms with E-state index in [1.54, 1.807) is 6.20 Å². The summed E-state index contributed by atoms with van der Waals surface area (Å²) in [5, 5.41) is 5.50. The molecule has 0 bridgehead atoms. The summed E-state index contributed by atoms with van der Waals surface area (Å²) in [6.07, 6.45) is 9.82. The van der Waals surface area contributed by atoms with Crippen LogP contribution in [0.1, 0.15) is 63.8 Å². The molecule has 1 spiro atoms. The van der Waals surface area contributed by atoms with Crippen molar-refractivity contribution >= 4 is 22.9 Å². The van der Waals surface area contributed by atoms with Crippen molar-refractivity contribution in [3.8, 4) is 0 Å². The minimum absolute atomic E-state index is 0.127. The van der Waals surface area contributed by atoms with Gasteiger partial charge in [0.2, 0.25) is 0 Å². The zero-order chi connectivity index (χ0) is 26.6. The molecule has 4 rings (SSSR count). The molecule has 2 fully saturated rings. The van der Waals surface area contributed by atoms with Crippen LogP contribution in [0, 0.1) is 16.2 Å². The highest BCUT2D eigenvalue weighted by Gasteiger charge is 2.43. The van der Waals surface area contributed by atoms with Gasteiger partial charge in [0.25, 0.3) is 0 Å². The number of carbonyl (C=O) groups is 1. The smallest absolute Gasteiger partial charge is 0.353 e. The third-order valence-electron chi connectivity index (χ3n) is 7.49. The van der Waals surface area contributed by atoms with Gasteiger partial charge in [-0.2, -0.15) is 13.2 Å². The van der Waals surface area contributed by atoms with E-state index in [1.807, 2.05) is 19.1 Å². The molecule has 1 atom stereocenters. The van der Waals surface area contributed by atoms with Gasteiger partial charge in [0, 0.05) is 11.3 Å². The Balaban J connectivity index is 1.44. The summed E-state index contributed by atoms with van der Waals surface area (Å²) < 4.78 is 38.1. The van der Waals surface area contributed by atoms with Crippen molar-refractivity contribution in [1.82, 2.24) is 9.97 Å². The molecular formula is C28H29F3N4O2. The van der Waals surface area contributed by atoms with Crippen molar-refractivity contribution < 1.29 is 18.0 Å². The Morgan fingerprint density at radius 3 is 2.32 bits per heavy atom. The Labute approximate surface area is 213 Å². The largest absolute Gasteiger partial charge is 0.433 e. The second-order valence-corrected chi connectivity index (χ2v) is 9.91. The number of nitroso groups, excluding NO2 is 1. The third kappa shape index (κ3) is 6.21. The molecule has 2 aromatic rings. The summed E-state index contributed by atoms with van der Waals surface area (Å²) >= 11 is 0. The van der Waals surface area contributed by atoms with Crippen LogP contribution < -0.4 is 5.32 Å². The Hall–Kier alpha value is -3.62. The van der Waals surface area contributed by atoms with E-state index in [2.05, 4.69) is 39.5 Å². The molecule has 0 radical (unpaired) electrons. The molecule has 2 aliphatic carbocycles. The van der Waals surface area contributed by atoms with E-state index >= 15 is 0 Å². The quantitative estimate of drug-likeness (QED) is 0.328. The molecule has 9 heteroatoms. The molecule has 1 N–H and O–H groups in total. The average Bonchev–Trinajstić information content (AvgIpc) is 3.18. The zero-order valence-electron chi connectivity index (χ0n) is 20.8. The van der Waals surface area contributed by atoms with Crippen molar-refractivity contribution in [1.29, 1.82) is 0 Å². The first kappa shape index (κ1) is 26.4. The maximum absolute atomic E-state index is 12.7. The van der Waals surface area contributed by atoms with E-state index in [9.17, 15) is 22.9 Å². The Kier molecular flexibility index (Phi) is 7.71. The number of pyridine rings is 2. The molecule has 0 aromatic carbocycles. The molecule has 2 saturated carbocycles. The molecule has 194 valence electrons. The molecular weight excluding hydrogens is 481 g/mol. The lowest BCUT2D eigenvalue weighted by Gasteiger charge is -2.37. The normalized spacial score (nSPS) is 23.4. The van der Waals surface area contributed by atoms with Crippen LogP contribution in [0.2, 0.25) is 0 Å². The number of hydrogen-bond donors (Lipinski definition) is 1. The number of nitrogens with one attached hydrogen (secondary N) is 1. The molecule has 0 saturated heterocycles. The Morgan fingerprint density at radius 2 is 1.76 bits per heavy atom. The van der Waals surface area contributed by atoms with Crippen LogP contribution in [0.15, 0.2) is 71.2 Å². The monoisotopic (exact) mass is 510 g/mol. The first-order valence-corrected chi connectivity index (χ1v) is 12.3. The van der Waals surface area contributed by atoms with Crippen LogP contribution in [-0.2, 0) is 11.0 Å². The summed E-state index contributed by atoms with van der Waals surface area (Å²) in [4.78, 5) is 29.8. The van der Waals surface area contributed by atoms with Crippen LogP contribution in [0.5, 0.6) is 0 Å². The first-order chi connectivity index (χ1) is 17.6. The molecule has 2 heterocycles. The highest BCUT2D eigenvalue weighted by atomic mass is 19.4. The topological polar surface area (TPSA) is 84.3 Å². The number of hydrogen-bond acceptors (Lipinski definition) is 5. The van der Waals surface area contributed by atoms with Crippen LogP contribution >= 0.6 is 0 Å². The van der Waals surface area contributed by atoms with Crippen molar-refractivity contribution in [3.63, 3.8) is 0 Å². The molecule has 37 heavy (non-hydrogen) atoms. The van der Waals surface area contributed by atoms with Gasteiger partial charge in [0.15, 0.2) is 0 Å². The van der Waals surface area contributed by atoms with Gasteiger partial charge in [-0.1, -0.05) is 30.2 Å². The fraction of sp³-hybridized carbons (Fsp3) is 0.393. The lowest BCUT2D eigenvalue weighted by Crippen LogP contribution is -2.24. The van der Waals surface area contributed by atoms with Gasteiger partial charge < -0.3 is 5.32 Å². The Morgan fingerprint density at radius 1 is 1.08 bits per heavy atom. The number of aromatic nitrogens is 2. The van der Waals surface area contributed by atoms with Gasteiger partial charge in [0.1, 0.15) is 5.69 Å². The number of allylic oxidation sites excluding steroid dienone is 5. The van der Waals surface area contributed by atoms with E-state index in [-0.39, 0.29) is 5.41 Å². The maximum Gasteiger partial charge on any atom is 0.433 e. The third-order valence-corrected chi connectivity index (χ3v) is 7.49. The number of amides is 1. The van der Waals surface area contributed by atoms with Gasteiger partial charge in [-0.25, -0.2) is 4.98 Å². The van der Waals surface area contributed by atoms with Crippen LogP contribution in [0.3, 0.4) is 0 Å². The van der Waals surface area contributed by atoms with Crippen LogP contribution in [0.4, 0.5) is 24.5 Å². The molecule has 2 aliphatic rings. The highest BCUT2D eigenvalue weighted by Crippen LogP contribution is 2.55. The first-order valence-electron chi connectivity index (χ1n) is 12.3. The van der Waals surface area contributed by atoms with Gasteiger partial charge in [0.05, 0.1) is 29.5 Å². The zero-order valence-corrected chi connectivity index (χ0v) is 20.8. The average molecular weight is 511 g/mol. The lowest BCUT2D eigenvalue weighted by molar-refractivity contribution is -0.141. The van der Waals surface area contributed by atoms with E-state index < -0.39 is 17.8 Å². The fourth-order valence-electron chi connectivity index (χ4n) is 5.39. The minimum Gasteiger partial charge on any atom is -0.353 e. The predicted molar refractivity (Wildman–Crippen MR) is 137 cm³/mol. The molecule has 2 aromatic heterocycles. The molecule has 1 amide bonds. The number of rotatable bonds is 5. The second kappa shape index (κ2) is 10.8. The van der Waals surface area contributed by atoms with Crippen molar-refractivity contribution in [3.05, 3.63) is 82.3 Å². The molecule has 1 unspecified atom stereocenters. The Bertz CT molecular complexity index is 1240. The number of halogens is 3. The SMILES string of the molecule is C/C(=C\C=C1/C(C)CCC12CCC(=CC(=O)N=O)CC2)c1ccc(Nc2ccc(C(F)(F)F)nc2)cn1. The van der Waals surface area contributed by atoms with E-state index in [0.717, 1.165) is 67.6 Å². The van der Waals surface area contributed by atoms with Crippen molar-refractivity contribution in [2.24, 2.45) is 16.5 Å². The van der Waals surface area contributed by atoms with Crippen LogP contribution in [-0.4, -0.2) is 15.9 Å². The number of nitrogens with zero attached hydrogens (tertiary/aromatic N) is 3. The number of carbonyl (C=O) groups excluding carboxylic acids is 1. The van der Waals surface area contributed by atoms with Gasteiger partial charge in [-0.05, 0) is 86.6 Å². The standard InChI is InChI=1S/C28H29F3N4O2/c1-18-9-12-27(13-10-20(11-14-27)15-26(36)35-37)23(18)6-3-19(2)24-7-4-21(16-32-24)34-22-5-8-25(33-17-22)28(29,30)31/h3-8,15-18,34H,9-14H2,1-2H3/b19-3+,20-15?,23-6+. The summed E-state index contributed by atoms with van der Waals surface area (Å²) in [6.45, 7) is 4.25. The number of anilines is 2. The highest BCUT2D eigenvalue weighted by molar-refractivity contribution is 5.88. The van der Waals surface area contributed by atoms with Crippen LogP contribution in [0.25, 0.3) is 5.57 Å².